The lowest BCUT2D eigenvalue weighted by molar-refractivity contribution is 0.0945. The number of aryl methyl sites for hydroxylation is 1. The van der Waals surface area contributed by atoms with E-state index in [4.69, 9.17) is 4.74 Å². The quantitative estimate of drug-likeness (QED) is 0.819. The first-order chi connectivity index (χ1) is 8.72. The fraction of sp³-hybridized carbons (Fsp3) is 0.538. The molecule has 5 heteroatoms. The van der Waals surface area contributed by atoms with E-state index in [1.165, 1.54) is 0 Å². The number of rotatable bonds is 4. The maximum absolute atomic E-state index is 11.9. The lowest BCUT2D eigenvalue weighted by atomic mass is 10.2. The number of amides is 1. The van der Waals surface area contributed by atoms with Gasteiger partial charge in [0.2, 0.25) is 0 Å². The largest absolute Gasteiger partial charge is 0.486 e. The normalized spacial score (nSPS) is 19.2. The van der Waals surface area contributed by atoms with Crippen LogP contribution in [0.25, 0.3) is 0 Å². The summed E-state index contributed by atoms with van der Waals surface area (Å²) in [5, 5.41) is 6.09. The molecule has 0 atom stereocenters. The van der Waals surface area contributed by atoms with Crippen LogP contribution in [0, 0.1) is 6.92 Å². The SMILES string of the molecule is Cc1cc(OC2CNC2)cnc1C(=O)NC1CC1. The Morgan fingerprint density at radius 3 is 2.83 bits per heavy atom. The van der Waals surface area contributed by atoms with E-state index in [1.54, 1.807) is 6.20 Å². The van der Waals surface area contributed by atoms with E-state index in [2.05, 4.69) is 15.6 Å². The fourth-order valence-electron chi connectivity index (χ4n) is 1.87. The fourth-order valence-corrected chi connectivity index (χ4v) is 1.87. The second-order valence-electron chi connectivity index (χ2n) is 4.98. The maximum Gasteiger partial charge on any atom is 0.270 e. The van der Waals surface area contributed by atoms with Gasteiger partial charge in [0.25, 0.3) is 5.91 Å². The Morgan fingerprint density at radius 2 is 2.28 bits per heavy atom. The summed E-state index contributed by atoms with van der Waals surface area (Å²) in [5.41, 5.74) is 1.36. The molecule has 1 aliphatic carbocycles. The molecule has 0 bridgehead atoms. The predicted molar refractivity (Wildman–Crippen MR) is 66.7 cm³/mol. The van der Waals surface area contributed by atoms with Crippen LogP contribution >= 0.6 is 0 Å². The molecule has 0 radical (unpaired) electrons. The molecule has 1 aliphatic heterocycles. The molecular weight excluding hydrogens is 230 g/mol. The zero-order valence-corrected chi connectivity index (χ0v) is 10.4. The molecule has 1 aromatic heterocycles. The van der Waals surface area contributed by atoms with Crippen LogP contribution in [0.2, 0.25) is 0 Å². The van der Waals surface area contributed by atoms with E-state index >= 15 is 0 Å². The van der Waals surface area contributed by atoms with Gasteiger partial charge in [-0.05, 0) is 31.4 Å². The van der Waals surface area contributed by atoms with Crippen molar-refractivity contribution in [2.45, 2.75) is 31.9 Å². The molecule has 0 unspecified atom stereocenters. The van der Waals surface area contributed by atoms with Crippen LogP contribution in [0.5, 0.6) is 5.75 Å². The first-order valence-electron chi connectivity index (χ1n) is 6.37. The highest BCUT2D eigenvalue weighted by atomic mass is 16.5. The molecule has 18 heavy (non-hydrogen) atoms. The van der Waals surface area contributed by atoms with Gasteiger partial charge in [-0.3, -0.25) is 4.79 Å². The third-order valence-electron chi connectivity index (χ3n) is 3.23. The first-order valence-corrected chi connectivity index (χ1v) is 6.37. The number of nitrogens with one attached hydrogen (secondary N) is 2. The third kappa shape index (κ3) is 2.46. The van der Waals surface area contributed by atoms with Gasteiger partial charge in [-0.1, -0.05) is 0 Å². The van der Waals surface area contributed by atoms with Gasteiger partial charge in [0, 0.05) is 19.1 Å². The molecule has 0 spiro atoms. The van der Waals surface area contributed by atoms with Crippen LogP contribution < -0.4 is 15.4 Å². The van der Waals surface area contributed by atoms with Gasteiger partial charge in [0.1, 0.15) is 17.5 Å². The van der Waals surface area contributed by atoms with Crippen LogP contribution in [0.3, 0.4) is 0 Å². The van der Waals surface area contributed by atoms with Crippen molar-refractivity contribution >= 4 is 5.91 Å². The van der Waals surface area contributed by atoms with Gasteiger partial charge in [-0.25, -0.2) is 4.98 Å². The summed E-state index contributed by atoms with van der Waals surface area (Å²) < 4.78 is 5.70. The number of nitrogens with zero attached hydrogens (tertiary/aromatic N) is 1. The highest BCUT2D eigenvalue weighted by Crippen LogP contribution is 2.21. The Balaban J connectivity index is 1.68. The lowest BCUT2D eigenvalue weighted by Crippen LogP contribution is -2.50. The topological polar surface area (TPSA) is 63.2 Å². The average Bonchev–Trinajstić information content (AvgIpc) is 3.07. The zero-order chi connectivity index (χ0) is 12.5. The molecule has 2 fully saturated rings. The van der Waals surface area contributed by atoms with Crippen molar-refractivity contribution in [1.82, 2.24) is 15.6 Å². The third-order valence-corrected chi connectivity index (χ3v) is 3.23. The Labute approximate surface area is 106 Å². The average molecular weight is 247 g/mol. The molecule has 5 nitrogen and oxygen atoms in total. The lowest BCUT2D eigenvalue weighted by Gasteiger charge is -2.27. The number of carbonyl (C=O) groups is 1. The Morgan fingerprint density at radius 1 is 1.50 bits per heavy atom. The van der Waals surface area contributed by atoms with E-state index < -0.39 is 0 Å². The first kappa shape index (κ1) is 11.5. The molecule has 1 saturated carbocycles. The van der Waals surface area contributed by atoms with Gasteiger partial charge in [0.15, 0.2) is 0 Å². The summed E-state index contributed by atoms with van der Waals surface area (Å²) in [6.07, 6.45) is 4.03. The zero-order valence-electron chi connectivity index (χ0n) is 10.4. The van der Waals surface area contributed by atoms with E-state index in [1.807, 2.05) is 13.0 Å². The minimum atomic E-state index is -0.0770. The Bertz CT molecular complexity index is 467. The molecule has 2 heterocycles. The second-order valence-corrected chi connectivity index (χ2v) is 4.98. The summed E-state index contributed by atoms with van der Waals surface area (Å²) >= 11 is 0. The summed E-state index contributed by atoms with van der Waals surface area (Å²) in [7, 11) is 0. The van der Waals surface area contributed by atoms with Gasteiger partial charge in [-0.2, -0.15) is 0 Å². The Kier molecular flexibility index (Phi) is 2.91. The molecule has 1 aromatic rings. The number of carbonyl (C=O) groups excluding carboxylic acids is 1. The van der Waals surface area contributed by atoms with Crippen molar-refractivity contribution in [1.29, 1.82) is 0 Å². The number of hydrogen-bond donors (Lipinski definition) is 2. The summed E-state index contributed by atoms with van der Waals surface area (Å²) in [6.45, 7) is 3.65. The van der Waals surface area contributed by atoms with Crippen LogP contribution in [-0.2, 0) is 0 Å². The minimum Gasteiger partial charge on any atom is -0.486 e. The summed E-state index contributed by atoms with van der Waals surface area (Å²) in [4.78, 5) is 16.1. The summed E-state index contributed by atoms with van der Waals surface area (Å²) in [6, 6.07) is 2.24. The highest BCUT2D eigenvalue weighted by molar-refractivity contribution is 5.94. The number of hydrogen-bond acceptors (Lipinski definition) is 4. The molecule has 1 amide bonds. The molecule has 0 aromatic carbocycles. The predicted octanol–water partition coefficient (Wildman–Crippen LogP) is 0.633. The van der Waals surface area contributed by atoms with Gasteiger partial charge < -0.3 is 15.4 Å². The number of ether oxygens (including phenoxy) is 1. The standard InChI is InChI=1S/C13H17N3O2/c1-8-4-10(18-11-5-14-6-11)7-15-12(8)13(17)16-9-2-3-9/h4,7,9,11,14H,2-3,5-6H2,1H3,(H,16,17). The molecule has 3 rings (SSSR count). The Hall–Kier alpha value is -1.62. The van der Waals surface area contributed by atoms with E-state index in [-0.39, 0.29) is 12.0 Å². The van der Waals surface area contributed by atoms with Gasteiger partial charge in [0.05, 0.1) is 6.20 Å². The second kappa shape index (κ2) is 4.57. The van der Waals surface area contributed by atoms with Gasteiger partial charge >= 0.3 is 0 Å². The van der Waals surface area contributed by atoms with Crippen molar-refractivity contribution < 1.29 is 9.53 Å². The van der Waals surface area contributed by atoms with Crippen LogP contribution in [0.4, 0.5) is 0 Å². The van der Waals surface area contributed by atoms with E-state index in [0.29, 0.717) is 11.7 Å². The molecular formula is C13H17N3O2. The minimum absolute atomic E-state index is 0.0770. The van der Waals surface area contributed by atoms with Gasteiger partial charge in [-0.15, -0.1) is 0 Å². The van der Waals surface area contributed by atoms with Crippen molar-refractivity contribution in [2.75, 3.05) is 13.1 Å². The van der Waals surface area contributed by atoms with Crippen molar-refractivity contribution in [2.24, 2.45) is 0 Å². The molecule has 2 N–H and O–H groups in total. The highest BCUT2D eigenvalue weighted by Gasteiger charge is 2.25. The van der Waals surface area contributed by atoms with Crippen LogP contribution in [0.15, 0.2) is 12.3 Å². The van der Waals surface area contributed by atoms with Crippen molar-refractivity contribution in [3.8, 4) is 5.75 Å². The van der Waals surface area contributed by atoms with E-state index in [9.17, 15) is 4.79 Å². The molecule has 2 aliphatic rings. The monoisotopic (exact) mass is 247 g/mol. The number of aromatic nitrogens is 1. The smallest absolute Gasteiger partial charge is 0.270 e. The van der Waals surface area contributed by atoms with Crippen LogP contribution in [-0.4, -0.2) is 36.1 Å². The number of pyridine rings is 1. The van der Waals surface area contributed by atoms with E-state index in [0.717, 1.165) is 37.2 Å². The van der Waals surface area contributed by atoms with Crippen LogP contribution in [0.1, 0.15) is 28.9 Å². The molecule has 96 valence electrons. The molecule has 1 saturated heterocycles. The summed E-state index contributed by atoms with van der Waals surface area (Å²) in [5.74, 6) is 0.661. The maximum atomic E-state index is 11.9. The van der Waals surface area contributed by atoms with Crippen molar-refractivity contribution in [3.05, 3.63) is 23.5 Å². The van der Waals surface area contributed by atoms with Crippen molar-refractivity contribution in [3.63, 3.8) is 0 Å².